The van der Waals surface area contributed by atoms with Gasteiger partial charge in [-0.2, -0.15) is 4.98 Å². The van der Waals surface area contributed by atoms with Crippen LogP contribution in [-0.2, 0) is 17.7 Å². The fraction of sp³-hybridized carbons (Fsp3) is 0.375. The van der Waals surface area contributed by atoms with Crippen molar-refractivity contribution in [3.63, 3.8) is 0 Å². The van der Waals surface area contributed by atoms with Gasteiger partial charge in [0.15, 0.2) is 11.6 Å². The number of imidazole rings is 1. The molecule has 4 heterocycles. The number of pyridine rings is 1. The first-order chi connectivity index (χ1) is 11.4. The molecular formula is C16H17N5O2. The molecule has 4 rings (SSSR count). The molecule has 3 aromatic rings. The molecule has 1 aliphatic rings. The normalized spacial score (nSPS) is 17.7. The summed E-state index contributed by atoms with van der Waals surface area (Å²) in [4.78, 5) is 13.2. The summed E-state index contributed by atoms with van der Waals surface area (Å²) in [5, 5.41) is 4.05. The largest absolute Gasteiger partial charge is 0.368 e. The average Bonchev–Trinajstić information content (AvgIpc) is 3.33. The summed E-state index contributed by atoms with van der Waals surface area (Å²) in [5.74, 6) is 2.12. The SMILES string of the molecule is c1ccc(-c2nccn2CCc2noc([C@@H]3CCCO3)n2)nc1. The first-order valence-electron chi connectivity index (χ1n) is 7.77. The summed E-state index contributed by atoms with van der Waals surface area (Å²) >= 11 is 0. The van der Waals surface area contributed by atoms with E-state index in [4.69, 9.17) is 9.26 Å². The number of rotatable bonds is 5. The molecule has 0 amide bonds. The topological polar surface area (TPSA) is 78.9 Å². The number of hydrogen-bond acceptors (Lipinski definition) is 6. The number of aromatic nitrogens is 5. The molecule has 7 heteroatoms. The van der Waals surface area contributed by atoms with E-state index in [0.717, 1.165) is 37.5 Å². The molecule has 0 bridgehead atoms. The Morgan fingerprint density at radius 2 is 2.22 bits per heavy atom. The van der Waals surface area contributed by atoms with E-state index in [-0.39, 0.29) is 6.10 Å². The third kappa shape index (κ3) is 3.00. The highest BCUT2D eigenvalue weighted by Gasteiger charge is 2.23. The quantitative estimate of drug-likeness (QED) is 0.720. The van der Waals surface area contributed by atoms with Gasteiger partial charge in [-0.05, 0) is 25.0 Å². The van der Waals surface area contributed by atoms with Gasteiger partial charge in [0.05, 0.1) is 0 Å². The zero-order chi connectivity index (χ0) is 15.5. The van der Waals surface area contributed by atoms with Crippen molar-refractivity contribution in [2.45, 2.75) is 31.9 Å². The maximum absolute atomic E-state index is 5.56. The lowest BCUT2D eigenvalue weighted by Crippen LogP contribution is -2.04. The van der Waals surface area contributed by atoms with Crippen LogP contribution in [0.25, 0.3) is 11.5 Å². The second-order valence-electron chi connectivity index (χ2n) is 5.46. The second kappa shape index (κ2) is 6.29. The molecule has 0 unspecified atom stereocenters. The Kier molecular flexibility index (Phi) is 3.85. The van der Waals surface area contributed by atoms with Gasteiger partial charge < -0.3 is 13.8 Å². The number of aryl methyl sites for hydroxylation is 2. The van der Waals surface area contributed by atoms with Crippen molar-refractivity contribution >= 4 is 0 Å². The van der Waals surface area contributed by atoms with E-state index in [1.165, 1.54) is 0 Å². The molecule has 0 aromatic carbocycles. The van der Waals surface area contributed by atoms with Crippen LogP contribution >= 0.6 is 0 Å². The second-order valence-corrected chi connectivity index (χ2v) is 5.46. The first kappa shape index (κ1) is 14.1. The molecule has 118 valence electrons. The van der Waals surface area contributed by atoms with Crippen molar-refractivity contribution in [3.05, 3.63) is 48.5 Å². The van der Waals surface area contributed by atoms with Gasteiger partial charge in [0.1, 0.15) is 11.8 Å². The van der Waals surface area contributed by atoms with Crippen LogP contribution in [0.15, 0.2) is 41.3 Å². The van der Waals surface area contributed by atoms with Crippen molar-refractivity contribution in [3.8, 4) is 11.5 Å². The lowest BCUT2D eigenvalue weighted by molar-refractivity contribution is 0.0835. The van der Waals surface area contributed by atoms with Gasteiger partial charge in [-0.3, -0.25) is 4.98 Å². The molecule has 23 heavy (non-hydrogen) atoms. The Morgan fingerprint density at radius 1 is 1.22 bits per heavy atom. The van der Waals surface area contributed by atoms with Gasteiger partial charge in [0.25, 0.3) is 5.89 Å². The number of hydrogen-bond donors (Lipinski definition) is 0. The monoisotopic (exact) mass is 311 g/mol. The summed E-state index contributed by atoms with van der Waals surface area (Å²) in [6.07, 6.45) is 8.11. The molecule has 0 saturated carbocycles. The van der Waals surface area contributed by atoms with E-state index < -0.39 is 0 Å². The molecule has 1 atom stereocenters. The van der Waals surface area contributed by atoms with Crippen LogP contribution in [0.4, 0.5) is 0 Å². The summed E-state index contributed by atoms with van der Waals surface area (Å²) < 4.78 is 12.9. The van der Waals surface area contributed by atoms with E-state index in [1.54, 1.807) is 12.4 Å². The molecule has 7 nitrogen and oxygen atoms in total. The highest BCUT2D eigenvalue weighted by Crippen LogP contribution is 2.27. The number of ether oxygens (including phenoxy) is 1. The summed E-state index contributed by atoms with van der Waals surface area (Å²) in [6.45, 7) is 1.49. The fourth-order valence-electron chi connectivity index (χ4n) is 2.71. The van der Waals surface area contributed by atoms with Crippen molar-refractivity contribution in [1.29, 1.82) is 0 Å². The van der Waals surface area contributed by atoms with E-state index in [1.807, 2.05) is 29.0 Å². The Bertz CT molecular complexity index is 762. The van der Waals surface area contributed by atoms with Crippen LogP contribution in [0.2, 0.25) is 0 Å². The van der Waals surface area contributed by atoms with Gasteiger partial charge >= 0.3 is 0 Å². The maximum atomic E-state index is 5.56. The van der Waals surface area contributed by atoms with E-state index in [0.29, 0.717) is 18.1 Å². The van der Waals surface area contributed by atoms with Crippen LogP contribution in [0, 0.1) is 0 Å². The van der Waals surface area contributed by atoms with E-state index >= 15 is 0 Å². The highest BCUT2D eigenvalue weighted by atomic mass is 16.5. The van der Waals surface area contributed by atoms with Gasteiger partial charge in [0, 0.05) is 38.2 Å². The van der Waals surface area contributed by atoms with Crippen molar-refractivity contribution in [2.75, 3.05) is 6.61 Å². The Hall–Kier alpha value is -2.54. The van der Waals surface area contributed by atoms with Crippen LogP contribution in [0.1, 0.15) is 30.7 Å². The number of nitrogens with zero attached hydrogens (tertiary/aromatic N) is 5. The molecule has 0 N–H and O–H groups in total. The Morgan fingerprint density at radius 3 is 3.04 bits per heavy atom. The van der Waals surface area contributed by atoms with E-state index in [2.05, 4.69) is 20.1 Å². The zero-order valence-corrected chi connectivity index (χ0v) is 12.6. The molecule has 0 aliphatic carbocycles. The van der Waals surface area contributed by atoms with Crippen LogP contribution in [0.3, 0.4) is 0 Å². The van der Waals surface area contributed by atoms with Crippen molar-refractivity contribution in [2.24, 2.45) is 0 Å². The molecule has 1 fully saturated rings. The van der Waals surface area contributed by atoms with Gasteiger partial charge in [-0.1, -0.05) is 11.2 Å². The van der Waals surface area contributed by atoms with Gasteiger partial charge in [-0.15, -0.1) is 0 Å². The molecular weight excluding hydrogens is 294 g/mol. The summed E-state index contributed by atoms with van der Waals surface area (Å²) in [6, 6.07) is 5.79. The predicted molar refractivity (Wildman–Crippen MR) is 81.4 cm³/mol. The third-order valence-corrected chi connectivity index (χ3v) is 3.87. The minimum atomic E-state index is -0.0337. The standard InChI is InChI=1S/C16H17N5O2/c1-2-7-17-12(4-1)15-18-8-10-21(15)9-6-14-19-16(23-20-14)13-5-3-11-22-13/h1-2,4,7-8,10,13H,3,5-6,9,11H2/t13-/m0/s1. The smallest absolute Gasteiger partial charge is 0.255 e. The molecule has 0 spiro atoms. The van der Waals surface area contributed by atoms with Crippen LogP contribution < -0.4 is 0 Å². The van der Waals surface area contributed by atoms with Crippen molar-refractivity contribution in [1.82, 2.24) is 24.7 Å². The third-order valence-electron chi connectivity index (χ3n) is 3.87. The Labute approximate surface area is 133 Å². The molecule has 1 saturated heterocycles. The summed E-state index contributed by atoms with van der Waals surface area (Å²) in [5.41, 5.74) is 0.852. The minimum absolute atomic E-state index is 0.0337. The summed E-state index contributed by atoms with van der Waals surface area (Å²) in [7, 11) is 0. The van der Waals surface area contributed by atoms with Gasteiger partial charge in [-0.25, -0.2) is 4.98 Å². The minimum Gasteiger partial charge on any atom is -0.368 e. The maximum Gasteiger partial charge on any atom is 0.255 e. The molecule has 1 aliphatic heterocycles. The first-order valence-corrected chi connectivity index (χ1v) is 7.77. The zero-order valence-electron chi connectivity index (χ0n) is 12.6. The van der Waals surface area contributed by atoms with Crippen molar-refractivity contribution < 1.29 is 9.26 Å². The lowest BCUT2D eigenvalue weighted by Gasteiger charge is -2.05. The fourth-order valence-corrected chi connectivity index (χ4v) is 2.71. The Balaban J connectivity index is 1.45. The molecule has 0 radical (unpaired) electrons. The lowest BCUT2D eigenvalue weighted by atomic mass is 10.2. The highest BCUT2D eigenvalue weighted by molar-refractivity contribution is 5.48. The van der Waals surface area contributed by atoms with E-state index in [9.17, 15) is 0 Å². The van der Waals surface area contributed by atoms with Crippen LogP contribution in [-0.4, -0.2) is 31.3 Å². The predicted octanol–water partition coefficient (Wildman–Crippen LogP) is 2.42. The van der Waals surface area contributed by atoms with Crippen LogP contribution in [0.5, 0.6) is 0 Å². The molecule has 3 aromatic heterocycles. The average molecular weight is 311 g/mol. The van der Waals surface area contributed by atoms with Gasteiger partial charge in [0.2, 0.25) is 0 Å².